The van der Waals surface area contributed by atoms with Gasteiger partial charge in [-0.3, -0.25) is 0 Å². The van der Waals surface area contributed by atoms with Crippen molar-refractivity contribution in [3.63, 3.8) is 0 Å². The highest BCUT2D eigenvalue weighted by Crippen LogP contribution is 2.22. The Bertz CT molecular complexity index is 623. The van der Waals surface area contributed by atoms with E-state index in [0.717, 1.165) is 0 Å². The van der Waals surface area contributed by atoms with Crippen LogP contribution in [0.2, 0.25) is 0 Å². The Balaban J connectivity index is 2.18. The van der Waals surface area contributed by atoms with Crippen LogP contribution in [0.4, 0.5) is 11.8 Å². The molecular formula is C9H10N8O. The van der Waals surface area contributed by atoms with Crippen LogP contribution >= 0.6 is 0 Å². The lowest BCUT2D eigenvalue weighted by atomic mass is 10.2. The van der Waals surface area contributed by atoms with Gasteiger partial charge in [-0.2, -0.15) is 14.8 Å². The number of nitrogens with zero attached hydrogens (tertiary/aromatic N) is 7. The van der Waals surface area contributed by atoms with E-state index < -0.39 is 0 Å². The molecule has 0 saturated carbocycles. The summed E-state index contributed by atoms with van der Waals surface area (Å²) >= 11 is 0. The molecule has 2 aromatic heterocycles. The fourth-order valence-corrected chi connectivity index (χ4v) is 1.91. The number of hydrogen-bond donors (Lipinski definition) is 1. The third kappa shape index (κ3) is 1.51. The van der Waals surface area contributed by atoms with Crippen LogP contribution in [-0.4, -0.2) is 51.3 Å². The van der Waals surface area contributed by atoms with Gasteiger partial charge in [0.2, 0.25) is 11.6 Å². The molecule has 9 heteroatoms. The summed E-state index contributed by atoms with van der Waals surface area (Å²) in [7, 11) is 0. The minimum Gasteiger partial charge on any atom is -0.378 e. The van der Waals surface area contributed by atoms with E-state index in [9.17, 15) is 5.26 Å². The largest absolute Gasteiger partial charge is 0.378 e. The van der Waals surface area contributed by atoms with Gasteiger partial charge in [-0.25, -0.2) is 0 Å². The van der Waals surface area contributed by atoms with Gasteiger partial charge in [0, 0.05) is 13.1 Å². The molecule has 2 aromatic rings. The number of anilines is 2. The van der Waals surface area contributed by atoms with Crippen molar-refractivity contribution in [1.82, 2.24) is 25.0 Å². The summed E-state index contributed by atoms with van der Waals surface area (Å²) < 4.78 is 6.52. The molecule has 18 heavy (non-hydrogen) atoms. The monoisotopic (exact) mass is 246 g/mol. The number of ether oxygens (including phenoxy) is 1. The number of morpholine rings is 1. The maximum atomic E-state index is 9.26. The standard InChI is InChI=1S/C9H10N8O/c10-5-6-7(16-1-3-18-4-2-16)12-9(11)17-8(6)13-14-15-17/h1-4H2,(H2,11,12). The molecule has 2 N–H and O–H groups in total. The Labute approximate surface area is 102 Å². The Kier molecular flexibility index (Phi) is 2.42. The van der Waals surface area contributed by atoms with Crippen molar-refractivity contribution in [3.8, 4) is 6.07 Å². The highest BCUT2D eigenvalue weighted by atomic mass is 16.5. The van der Waals surface area contributed by atoms with Crippen LogP contribution in [0.1, 0.15) is 5.56 Å². The Morgan fingerprint density at radius 3 is 2.83 bits per heavy atom. The van der Waals surface area contributed by atoms with Gasteiger partial charge in [0.1, 0.15) is 11.6 Å². The second-order valence-electron chi connectivity index (χ2n) is 3.79. The zero-order chi connectivity index (χ0) is 12.5. The predicted molar refractivity (Wildman–Crippen MR) is 60.7 cm³/mol. The van der Waals surface area contributed by atoms with Crippen molar-refractivity contribution in [3.05, 3.63) is 5.56 Å². The van der Waals surface area contributed by atoms with Crippen LogP contribution in [0.15, 0.2) is 0 Å². The molecule has 0 unspecified atom stereocenters. The zero-order valence-corrected chi connectivity index (χ0v) is 9.44. The van der Waals surface area contributed by atoms with Crippen LogP contribution in [0.3, 0.4) is 0 Å². The number of nitrogens with two attached hydrogens (primary N) is 1. The van der Waals surface area contributed by atoms with E-state index in [1.165, 1.54) is 4.52 Å². The molecule has 3 heterocycles. The maximum absolute atomic E-state index is 9.26. The number of fused-ring (bicyclic) bond motifs is 1. The first-order valence-electron chi connectivity index (χ1n) is 5.41. The van der Waals surface area contributed by atoms with E-state index in [1.54, 1.807) is 0 Å². The summed E-state index contributed by atoms with van der Waals surface area (Å²) in [5, 5.41) is 20.3. The van der Waals surface area contributed by atoms with Gasteiger partial charge in [-0.15, -0.1) is 5.10 Å². The van der Waals surface area contributed by atoms with Crippen molar-refractivity contribution in [2.24, 2.45) is 0 Å². The summed E-state index contributed by atoms with van der Waals surface area (Å²) in [6, 6.07) is 2.09. The smallest absolute Gasteiger partial charge is 0.226 e. The van der Waals surface area contributed by atoms with E-state index in [0.29, 0.717) is 43.3 Å². The number of rotatable bonds is 1. The first kappa shape index (κ1) is 10.7. The summed E-state index contributed by atoms with van der Waals surface area (Å²) in [4.78, 5) is 6.17. The molecular weight excluding hydrogens is 236 g/mol. The highest BCUT2D eigenvalue weighted by molar-refractivity contribution is 5.69. The molecule has 0 amide bonds. The molecule has 0 spiro atoms. The molecule has 1 aliphatic heterocycles. The summed E-state index contributed by atoms with van der Waals surface area (Å²) in [6.45, 7) is 2.53. The van der Waals surface area contributed by atoms with Crippen molar-refractivity contribution in [2.75, 3.05) is 36.9 Å². The average molecular weight is 246 g/mol. The van der Waals surface area contributed by atoms with Gasteiger partial charge in [0.25, 0.3) is 0 Å². The van der Waals surface area contributed by atoms with Gasteiger partial charge in [0.15, 0.2) is 5.82 Å². The van der Waals surface area contributed by atoms with Crippen LogP contribution in [-0.2, 0) is 4.74 Å². The number of hydrogen-bond acceptors (Lipinski definition) is 8. The normalized spacial score (nSPS) is 15.8. The zero-order valence-electron chi connectivity index (χ0n) is 9.44. The summed E-state index contributed by atoms with van der Waals surface area (Å²) in [5.41, 5.74) is 6.43. The minimum atomic E-state index is 0.162. The van der Waals surface area contributed by atoms with Gasteiger partial charge >= 0.3 is 0 Å². The fraction of sp³-hybridized carbons (Fsp3) is 0.444. The van der Waals surface area contributed by atoms with Gasteiger partial charge in [-0.05, 0) is 10.4 Å². The van der Waals surface area contributed by atoms with Crippen molar-refractivity contribution in [1.29, 1.82) is 5.26 Å². The van der Waals surface area contributed by atoms with Gasteiger partial charge in [-0.1, -0.05) is 0 Å². The Morgan fingerprint density at radius 1 is 1.33 bits per heavy atom. The molecule has 1 aliphatic rings. The lowest BCUT2D eigenvalue weighted by Crippen LogP contribution is -2.37. The second kappa shape index (κ2) is 4.08. The molecule has 3 rings (SSSR count). The molecule has 0 bridgehead atoms. The van der Waals surface area contributed by atoms with E-state index >= 15 is 0 Å². The number of nitrogen functional groups attached to an aromatic ring is 1. The van der Waals surface area contributed by atoms with E-state index in [1.807, 2.05) is 4.90 Å². The lowest BCUT2D eigenvalue weighted by Gasteiger charge is -2.28. The topological polar surface area (TPSA) is 118 Å². The van der Waals surface area contributed by atoms with Crippen LogP contribution in [0, 0.1) is 11.3 Å². The van der Waals surface area contributed by atoms with Gasteiger partial charge in [0.05, 0.1) is 13.2 Å². The van der Waals surface area contributed by atoms with Gasteiger partial charge < -0.3 is 15.4 Å². The van der Waals surface area contributed by atoms with Crippen molar-refractivity contribution >= 4 is 17.4 Å². The third-order valence-corrected chi connectivity index (χ3v) is 2.78. The van der Waals surface area contributed by atoms with Crippen molar-refractivity contribution < 1.29 is 4.74 Å². The predicted octanol–water partition coefficient (Wildman–Crippen LogP) is -1.19. The molecule has 0 radical (unpaired) electrons. The first-order chi connectivity index (χ1) is 8.81. The van der Waals surface area contributed by atoms with Crippen molar-refractivity contribution in [2.45, 2.75) is 0 Å². The Hall–Kier alpha value is -2.47. The second-order valence-corrected chi connectivity index (χ2v) is 3.79. The fourth-order valence-electron chi connectivity index (χ4n) is 1.91. The third-order valence-electron chi connectivity index (χ3n) is 2.78. The molecule has 0 atom stereocenters. The van der Waals surface area contributed by atoms with Crippen LogP contribution < -0.4 is 10.6 Å². The number of tetrazole rings is 1. The molecule has 0 aromatic carbocycles. The summed E-state index contributed by atoms with van der Waals surface area (Å²) in [6.07, 6.45) is 0. The minimum absolute atomic E-state index is 0.162. The molecule has 0 aliphatic carbocycles. The Morgan fingerprint density at radius 2 is 2.11 bits per heavy atom. The molecule has 1 fully saturated rings. The quantitative estimate of drug-likeness (QED) is 0.667. The SMILES string of the molecule is N#Cc1c(N2CCOCC2)nc(N)n2nnnc12. The average Bonchev–Trinajstić information content (AvgIpc) is 2.89. The number of nitriles is 1. The lowest BCUT2D eigenvalue weighted by molar-refractivity contribution is 0.122. The summed E-state index contributed by atoms with van der Waals surface area (Å²) in [5.74, 6) is 0.677. The van der Waals surface area contributed by atoms with E-state index in [-0.39, 0.29) is 5.95 Å². The van der Waals surface area contributed by atoms with E-state index in [4.69, 9.17) is 10.5 Å². The number of aromatic nitrogens is 5. The molecule has 92 valence electrons. The molecule has 1 saturated heterocycles. The molecule has 9 nitrogen and oxygen atoms in total. The van der Waals surface area contributed by atoms with E-state index in [2.05, 4.69) is 26.6 Å². The highest BCUT2D eigenvalue weighted by Gasteiger charge is 2.21. The maximum Gasteiger partial charge on any atom is 0.226 e. The first-order valence-corrected chi connectivity index (χ1v) is 5.41. The van der Waals surface area contributed by atoms with Crippen LogP contribution in [0.25, 0.3) is 5.65 Å². The van der Waals surface area contributed by atoms with Crippen LogP contribution in [0.5, 0.6) is 0 Å².